The molecule has 1 saturated carbocycles. The van der Waals surface area contributed by atoms with Gasteiger partial charge in [-0.05, 0) is 31.4 Å². The Hall–Kier alpha value is -0.910. The minimum absolute atomic E-state index is 0.196. The summed E-state index contributed by atoms with van der Waals surface area (Å²) in [4.78, 5) is 24.8. The van der Waals surface area contributed by atoms with Crippen LogP contribution in [0.2, 0.25) is 0 Å². The Morgan fingerprint density at radius 1 is 1.32 bits per heavy atom. The average Bonchev–Trinajstić information content (AvgIpc) is 2.98. The largest absolute Gasteiger partial charge is 0.480 e. The van der Waals surface area contributed by atoms with Gasteiger partial charge in [-0.2, -0.15) is 11.8 Å². The van der Waals surface area contributed by atoms with Crippen LogP contribution in [-0.2, 0) is 4.79 Å². The van der Waals surface area contributed by atoms with Gasteiger partial charge in [-0.3, -0.25) is 0 Å². The number of amides is 2. The third-order valence-electron chi connectivity index (χ3n) is 3.94. The van der Waals surface area contributed by atoms with E-state index in [0.717, 1.165) is 31.4 Å². The molecule has 6 heteroatoms. The van der Waals surface area contributed by atoms with Gasteiger partial charge >= 0.3 is 12.0 Å². The first kappa shape index (κ1) is 14.5. The van der Waals surface area contributed by atoms with Crippen molar-refractivity contribution in [3.05, 3.63) is 0 Å². The van der Waals surface area contributed by atoms with E-state index >= 15 is 0 Å². The molecule has 2 unspecified atom stereocenters. The fourth-order valence-corrected chi connectivity index (χ4v) is 4.21. The van der Waals surface area contributed by atoms with Crippen molar-refractivity contribution in [2.75, 3.05) is 12.3 Å². The molecule has 0 aromatic rings. The van der Waals surface area contributed by atoms with Gasteiger partial charge in [0.25, 0.3) is 0 Å². The van der Waals surface area contributed by atoms with E-state index in [4.69, 9.17) is 5.11 Å². The maximum Gasteiger partial charge on any atom is 0.326 e. The molecule has 2 fully saturated rings. The third-order valence-corrected chi connectivity index (χ3v) is 5.27. The second-order valence-electron chi connectivity index (χ2n) is 5.17. The van der Waals surface area contributed by atoms with Gasteiger partial charge in [0.15, 0.2) is 0 Å². The van der Waals surface area contributed by atoms with Gasteiger partial charge in [-0.1, -0.05) is 13.3 Å². The van der Waals surface area contributed by atoms with E-state index in [9.17, 15) is 9.59 Å². The van der Waals surface area contributed by atoms with Crippen molar-refractivity contribution in [2.45, 2.75) is 56.4 Å². The summed E-state index contributed by atoms with van der Waals surface area (Å²) in [6.07, 6.45) is 4.65. The molecule has 5 nitrogen and oxygen atoms in total. The first-order valence-electron chi connectivity index (χ1n) is 7.05. The molecule has 19 heavy (non-hydrogen) atoms. The molecule has 2 N–H and O–H groups in total. The fourth-order valence-electron chi connectivity index (χ4n) is 3.01. The number of nitrogens with one attached hydrogen (secondary N) is 1. The van der Waals surface area contributed by atoms with Gasteiger partial charge in [0.1, 0.15) is 6.04 Å². The van der Waals surface area contributed by atoms with Crippen LogP contribution in [0.1, 0.15) is 39.0 Å². The van der Waals surface area contributed by atoms with Gasteiger partial charge in [-0.15, -0.1) is 0 Å². The maximum atomic E-state index is 12.2. The van der Waals surface area contributed by atoms with Crippen molar-refractivity contribution in [1.82, 2.24) is 10.2 Å². The number of carbonyl (C=O) groups excluding carboxylic acids is 1. The second kappa shape index (κ2) is 6.50. The summed E-state index contributed by atoms with van der Waals surface area (Å²) in [5.74, 6) is 0.164. The van der Waals surface area contributed by atoms with Gasteiger partial charge < -0.3 is 15.3 Å². The van der Waals surface area contributed by atoms with Crippen LogP contribution in [0, 0.1) is 0 Å². The van der Waals surface area contributed by atoms with E-state index in [1.807, 2.05) is 11.8 Å². The summed E-state index contributed by atoms with van der Waals surface area (Å²) in [6, 6.07) is -0.635. The van der Waals surface area contributed by atoms with E-state index in [1.54, 1.807) is 0 Å². The first-order valence-corrected chi connectivity index (χ1v) is 8.10. The smallest absolute Gasteiger partial charge is 0.326 e. The number of rotatable bonds is 4. The molecule has 3 atom stereocenters. The number of nitrogens with zero attached hydrogens (tertiary/aromatic N) is 1. The van der Waals surface area contributed by atoms with E-state index in [-0.39, 0.29) is 12.1 Å². The van der Waals surface area contributed by atoms with Gasteiger partial charge in [0.2, 0.25) is 0 Å². The van der Waals surface area contributed by atoms with E-state index in [0.29, 0.717) is 18.2 Å². The highest BCUT2D eigenvalue weighted by atomic mass is 32.2. The molecular weight excluding hydrogens is 264 g/mol. The molecule has 2 rings (SSSR count). The van der Waals surface area contributed by atoms with Crippen molar-refractivity contribution >= 4 is 23.8 Å². The summed E-state index contributed by atoms with van der Waals surface area (Å²) in [7, 11) is 0. The van der Waals surface area contributed by atoms with Crippen molar-refractivity contribution < 1.29 is 14.7 Å². The van der Waals surface area contributed by atoms with Crippen LogP contribution in [0.5, 0.6) is 0 Å². The van der Waals surface area contributed by atoms with Gasteiger partial charge in [-0.25, -0.2) is 9.59 Å². The number of hydrogen-bond acceptors (Lipinski definition) is 3. The molecule has 1 saturated heterocycles. The lowest BCUT2D eigenvalue weighted by atomic mass is 10.2. The molecule has 2 aliphatic rings. The zero-order valence-electron chi connectivity index (χ0n) is 11.3. The molecule has 108 valence electrons. The number of thioether (sulfide) groups is 1. The molecule has 1 aliphatic carbocycles. The number of aliphatic carboxylic acids is 1. The number of likely N-dealkylation sites (tertiary alicyclic amines) is 1. The van der Waals surface area contributed by atoms with Gasteiger partial charge in [0, 0.05) is 17.8 Å². The van der Waals surface area contributed by atoms with Crippen LogP contribution in [0.25, 0.3) is 0 Å². The van der Waals surface area contributed by atoms with E-state index in [1.165, 1.54) is 4.90 Å². The molecule has 0 aromatic heterocycles. The number of carbonyl (C=O) groups is 2. The van der Waals surface area contributed by atoms with E-state index in [2.05, 4.69) is 12.2 Å². The Balaban J connectivity index is 1.91. The lowest BCUT2D eigenvalue weighted by Crippen LogP contribution is -2.50. The minimum atomic E-state index is -0.890. The highest BCUT2D eigenvalue weighted by Gasteiger charge is 2.36. The lowest BCUT2D eigenvalue weighted by Gasteiger charge is -2.26. The SMILES string of the molecule is CCSC1CCCC1NC(=O)N1CCC[C@H]1C(=O)O. The molecule has 0 bridgehead atoms. The normalized spacial score (nSPS) is 30.6. The standard InChI is InChI=1S/C13H22N2O3S/c1-2-19-11-7-3-5-9(11)14-13(18)15-8-4-6-10(15)12(16)17/h9-11H,2-8H2,1H3,(H,14,18)(H,16,17)/t9?,10-,11?/m0/s1. The first-order chi connectivity index (χ1) is 9.13. The Morgan fingerprint density at radius 2 is 2.11 bits per heavy atom. The van der Waals surface area contributed by atoms with Crippen molar-refractivity contribution in [3.8, 4) is 0 Å². The lowest BCUT2D eigenvalue weighted by molar-refractivity contribution is -0.141. The predicted molar refractivity (Wildman–Crippen MR) is 75.5 cm³/mol. The molecule has 1 aliphatic heterocycles. The number of urea groups is 1. The quantitative estimate of drug-likeness (QED) is 0.828. The summed E-state index contributed by atoms with van der Waals surface area (Å²) >= 11 is 1.89. The Labute approximate surface area is 118 Å². The van der Waals surface area contributed by atoms with E-state index < -0.39 is 12.0 Å². The molecule has 0 spiro atoms. The molecule has 1 heterocycles. The summed E-state index contributed by atoms with van der Waals surface area (Å²) in [6.45, 7) is 2.68. The summed E-state index contributed by atoms with van der Waals surface area (Å²) < 4.78 is 0. The van der Waals surface area contributed by atoms with Crippen molar-refractivity contribution in [2.24, 2.45) is 0 Å². The Kier molecular flexibility index (Phi) is 4.96. The molecule has 2 amide bonds. The van der Waals surface area contributed by atoms with Crippen molar-refractivity contribution in [1.29, 1.82) is 0 Å². The zero-order chi connectivity index (χ0) is 13.8. The van der Waals surface area contributed by atoms with Crippen LogP contribution in [-0.4, -0.2) is 51.6 Å². The minimum Gasteiger partial charge on any atom is -0.480 e. The van der Waals surface area contributed by atoms with Crippen LogP contribution in [0.3, 0.4) is 0 Å². The van der Waals surface area contributed by atoms with Gasteiger partial charge in [0.05, 0.1) is 0 Å². The number of hydrogen-bond donors (Lipinski definition) is 2. The zero-order valence-corrected chi connectivity index (χ0v) is 12.1. The van der Waals surface area contributed by atoms with Crippen LogP contribution in [0.15, 0.2) is 0 Å². The number of carboxylic acids is 1. The number of carboxylic acid groups (broad SMARTS) is 1. The average molecular weight is 286 g/mol. The highest BCUT2D eigenvalue weighted by molar-refractivity contribution is 7.99. The molecule has 0 aromatic carbocycles. The summed E-state index contributed by atoms with van der Waals surface area (Å²) in [5, 5.41) is 12.6. The predicted octanol–water partition coefficient (Wildman–Crippen LogP) is 1.92. The third kappa shape index (κ3) is 3.35. The maximum absolute atomic E-state index is 12.2. The topological polar surface area (TPSA) is 69.6 Å². The Morgan fingerprint density at radius 3 is 2.79 bits per heavy atom. The van der Waals surface area contributed by atoms with Crippen LogP contribution >= 0.6 is 11.8 Å². The Bertz CT molecular complexity index is 351. The van der Waals surface area contributed by atoms with Crippen molar-refractivity contribution in [3.63, 3.8) is 0 Å². The summed E-state index contributed by atoms with van der Waals surface area (Å²) in [5.41, 5.74) is 0. The van der Waals surface area contributed by atoms with Crippen LogP contribution < -0.4 is 5.32 Å². The second-order valence-corrected chi connectivity index (χ2v) is 6.69. The van der Waals surface area contributed by atoms with Crippen LogP contribution in [0.4, 0.5) is 4.79 Å². The monoisotopic (exact) mass is 286 g/mol. The molecular formula is C13H22N2O3S. The highest BCUT2D eigenvalue weighted by Crippen LogP contribution is 2.30. The molecule has 0 radical (unpaired) electrons. The fraction of sp³-hybridized carbons (Fsp3) is 0.846.